The molecular weight excluding hydrogens is 206 g/mol. The minimum atomic E-state index is -1.29. The van der Waals surface area contributed by atoms with Crippen LogP contribution in [-0.2, 0) is 14.4 Å². The van der Waals surface area contributed by atoms with Crippen molar-refractivity contribution in [3.05, 3.63) is 0 Å². The summed E-state index contributed by atoms with van der Waals surface area (Å²) in [5.74, 6) is -5.72. The highest BCUT2D eigenvalue weighted by Crippen LogP contribution is 2.22. The van der Waals surface area contributed by atoms with E-state index in [4.69, 9.17) is 15.3 Å². The maximum Gasteiger partial charge on any atom is 0.321 e. The summed E-state index contributed by atoms with van der Waals surface area (Å²) >= 11 is 0. The molecule has 0 saturated carbocycles. The standard InChI is InChI=1S/C8H11NO6/c10-6(11)3-1-4(7(12)13)5(8(14)15)9-2-3/h3-5,9H,1-2H2,(H,10,11)(H,12,13)(H,14,15)/t3-,4-,5-/m0/s1. The van der Waals surface area contributed by atoms with Gasteiger partial charge in [0.1, 0.15) is 6.04 Å². The lowest BCUT2D eigenvalue weighted by atomic mass is 9.84. The Labute approximate surface area is 84.7 Å². The minimum Gasteiger partial charge on any atom is -0.481 e. The van der Waals surface area contributed by atoms with E-state index in [1.165, 1.54) is 0 Å². The summed E-state index contributed by atoms with van der Waals surface area (Å²) in [6.07, 6.45) is -0.158. The Balaban J connectivity index is 2.78. The van der Waals surface area contributed by atoms with E-state index in [2.05, 4.69) is 5.32 Å². The molecule has 1 fully saturated rings. The number of nitrogens with one attached hydrogen (secondary N) is 1. The first kappa shape index (κ1) is 11.4. The summed E-state index contributed by atoms with van der Waals surface area (Å²) in [4.78, 5) is 32.0. The monoisotopic (exact) mass is 217 g/mol. The Kier molecular flexibility index (Phi) is 3.25. The Bertz CT molecular complexity index is 302. The summed E-state index contributed by atoms with van der Waals surface area (Å²) in [6.45, 7) is -0.0178. The van der Waals surface area contributed by atoms with Gasteiger partial charge in [0.25, 0.3) is 0 Å². The van der Waals surface area contributed by atoms with Crippen LogP contribution >= 0.6 is 0 Å². The highest BCUT2D eigenvalue weighted by Gasteiger charge is 2.41. The Hall–Kier alpha value is -1.63. The highest BCUT2D eigenvalue weighted by molar-refractivity contribution is 5.84. The smallest absolute Gasteiger partial charge is 0.321 e. The molecule has 0 aromatic heterocycles. The van der Waals surface area contributed by atoms with Crippen LogP contribution in [0.5, 0.6) is 0 Å². The second kappa shape index (κ2) is 4.26. The van der Waals surface area contributed by atoms with E-state index in [1.807, 2.05) is 0 Å². The van der Waals surface area contributed by atoms with Crippen LogP contribution in [0, 0.1) is 11.8 Å². The third kappa shape index (κ3) is 2.44. The van der Waals surface area contributed by atoms with E-state index < -0.39 is 35.8 Å². The van der Waals surface area contributed by atoms with Gasteiger partial charge >= 0.3 is 17.9 Å². The Morgan fingerprint density at radius 2 is 1.60 bits per heavy atom. The number of carboxylic acids is 3. The third-order valence-electron chi connectivity index (χ3n) is 2.46. The van der Waals surface area contributed by atoms with E-state index in [9.17, 15) is 14.4 Å². The fourth-order valence-corrected chi connectivity index (χ4v) is 1.63. The molecule has 1 rings (SSSR count). The molecule has 0 amide bonds. The minimum absolute atomic E-state index is 0.0178. The van der Waals surface area contributed by atoms with Crippen molar-refractivity contribution in [1.29, 1.82) is 0 Å². The zero-order chi connectivity index (χ0) is 11.6. The fourth-order valence-electron chi connectivity index (χ4n) is 1.63. The van der Waals surface area contributed by atoms with Crippen molar-refractivity contribution in [2.45, 2.75) is 12.5 Å². The summed E-state index contributed by atoms with van der Waals surface area (Å²) in [6, 6.07) is -1.21. The van der Waals surface area contributed by atoms with Crippen molar-refractivity contribution in [2.24, 2.45) is 11.8 Å². The highest BCUT2D eigenvalue weighted by atomic mass is 16.4. The van der Waals surface area contributed by atoms with E-state index in [0.29, 0.717) is 0 Å². The molecule has 84 valence electrons. The van der Waals surface area contributed by atoms with Crippen LogP contribution in [0.15, 0.2) is 0 Å². The van der Waals surface area contributed by atoms with Crippen LogP contribution in [-0.4, -0.2) is 45.8 Å². The molecule has 15 heavy (non-hydrogen) atoms. The molecule has 3 atom stereocenters. The molecule has 1 aliphatic heterocycles. The van der Waals surface area contributed by atoms with Gasteiger partial charge in [0.2, 0.25) is 0 Å². The lowest BCUT2D eigenvalue weighted by molar-refractivity contribution is -0.156. The van der Waals surface area contributed by atoms with E-state index in [0.717, 1.165) is 0 Å². The number of rotatable bonds is 3. The number of carboxylic acid groups (broad SMARTS) is 3. The third-order valence-corrected chi connectivity index (χ3v) is 2.46. The van der Waals surface area contributed by atoms with Crippen LogP contribution in [0.4, 0.5) is 0 Å². The number of piperidine rings is 1. The van der Waals surface area contributed by atoms with Crippen LogP contribution < -0.4 is 5.32 Å². The van der Waals surface area contributed by atoms with Crippen molar-refractivity contribution >= 4 is 17.9 Å². The number of aliphatic carboxylic acids is 3. The van der Waals surface area contributed by atoms with Gasteiger partial charge in [-0.2, -0.15) is 0 Å². The molecular formula is C8H11NO6. The lowest BCUT2D eigenvalue weighted by Gasteiger charge is -2.30. The zero-order valence-electron chi connectivity index (χ0n) is 7.71. The van der Waals surface area contributed by atoms with Crippen molar-refractivity contribution in [2.75, 3.05) is 6.54 Å². The summed E-state index contributed by atoms with van der Waals surface area (Å²) < 4.78 is 0. The average molecular weight is 217 g/mol. The molecule has 0 unspecified atom stereocenters. The first-order valence-electron chi connectivity index (χ1n) is 4.35. The Morgan fingerprint density at radius 3 is 2.00 bits per heavy atom. The number of carbonyl (C=O) groups is 3. The molecule has 1 aliphatic rings. The predicted molar refractivity (Wildman–Crippen MR) is 46.3 cm³/mol. The van der Waals surface area contributed by atoms with Gasteiger partial charge in [-0.05, 0) is 6.42 Å². The van der Waals surface area contributed by atoms with Crippen molar-refractivity contribution in [3.8, 4) is 0 Å². The molecule has 1 heterocycles. The maximum atomic E-state index is 10.7. The van der Waals surface area contributed by atoms with Gasteiger partial charge in [0, 0.05) is 6.54 Å². The number of hydrogen-bond acceptors (Lipinski definition) is 4. The van der Waals surface area contributed by atoms with Gasteiger partial charge in [-0.15, -0.1) is 0 Å². The van der Waals surface area contributed by atoms with Crippen molar-refractivity contribution < 1.29 is 29.7 Å². The second-order valence-corrected chi connectivity index (χ2v) is 3.44. The van der Waals surface area contributed by atoms with Gasteiger partial charge in [0.05, 0.1) is 11.8 Å². The Morgan fingerprint density at radius 1 is 1.00 bits per heavy atom. The normalized spacial score (nSPS) is 30.8. The SMILES string of the molecule is O=C(O)[C@@H]1CN[C@H](C(=O)O)[C@@H](C(=O)O)C1. The lowest BCUT2D eigenvalue weighted by Crippen LogP contribution is -2.53. The zero-order valence-corrected chi connectivity index (χ0v) is 7.71. The average Bonchev–Trinajstić information content (AvgIpc) is 2.16. The molecule has 0 radical (unpaired) electrons. The fraction of sp³-hybridized carbons (Fsp3) is 0.625. The van der Waals surface area contributed by atoms with E-state index in [-0.39, 0.29) is 13.0 Å². The van der Waals surface area contributed by atoms with Gasteiger partial charge in [-0.1, -0.05) is 0 Å². The molecule has 0 aromatic carbocycles. The van der Waals surface area contributed by atoms with Gasteiger partial charge in [0.15, 0.2) is 0 Å². The molecule has 0 bridgehead atoms. The van der Waals surface area contributed by atoms with Crippen LogP contribution in [0.3, 0.4) is 0 Å². The van der Waals surface area contributed by atoms with Crippen LogP contribution in [0.1, 0.15) is 6.42 Å². The quantitative estimate of drug-likeness (QED) is 0.469. The van der Waals surface area contributed by atoms with Crippen LogP contribution in [0.25, 0.3) is 0 Å². The summed E-state index contributed by atoms with van der Waals surface area (Å²) in [5.41, 5.74) is 0. The van der Waals surface area contributed by atoms with Gasteiger partial charge in [-0.25, -0.2) is 0 Å². The topological polar surface area (TPSA) is 124 Å². The van der Waals surface area contributed by atoms with Crippen molar-refractivity contribution in [3.63, 3.8) is 0 Å². The maximum absolute atomic E-state index is 10.7. The molecule has 0 aromatic rings. The van der Waals surface area contributed by atoms with E-state index >= 15 is 0 Å². The number of hydrogen-bond donors (Lipinski definition) is 4. The first-order chi connectivity index (χ1) is 6.93. The molecule has 0 spiro atoms. The molecule has 7 heteroatoms. The van der Waals surface area contributed by atoms with E-state index in [1.54, 1.807) is 0 Å². The molecule has 0 aliphatic carbocycles. The molecule has 4 N–H and O–H groups in total. The van der Waals surface area contributed by atoms with Crippen LogP contribution in [0.2, 0.25) is 0 Å². The van der Waals surface area contributed by atoms with Gasteiger partial charge in [-0.3, -0.25) is 14.4 Å². The predicted octanol–water partition coefficient (Wildman–Crippen LogP) is -1.17. The summed E-state index contributed by atoms with van der Waals surface area (Å²) in [5, 5.41) is 28.6. The van der Waals surface area contributed by atoms with Crippen molar-refractivity contribution in [1.82, 2.24) is 5.32 Å². The summed E-state index contributed by atoms with van der Waals surface area (Å²) in [7, 11) is 0. The first-order valence-corrected chi connectivity index (χ1v) is 4.35. The molecule has 7 nitrogen and oxygen atoms in total. The largest absolute Gasteiger partial charge is 0.481 e. The second-order valence-electron chi connectivity index (χ2n) is 3.44. The molecule has 1 saturated heterocycles. The van der Waals surface area contributed by atoms with Gasteiger partial charge < -0.3 is 20.6 Å².